The lowest BCUT2D eigenvalue weighted by molar-refractivity contribution is -0.123. The summed E-state index contributed by atoms with van der Waals surface area (Å²) >= 11 is 0. The van der Waals surface area contributed by atoms with Crippen molar-refractivity contribution in [2.24, 2.45) is 5.73 Å². The Morgan fingerprint density at radius 3 is 2.41 bits per heavy atom. The first-order valence-electron chi connectivity index (χ1n) is 9.21. The van der Waals surface area contributed by atoms with Crippen molar-refractivity contribution < 1.29 is 14.3 Å². The summed E-state index contributed by atoms with van der Waals surface area (Å²) in [6, 6.07) is 14.8. The summed E-state index contributed by atoms with van der Waals surface area (Å²) in [6.45, 7) is 3.46. The maximum absolute atomic E-state index is 12.2. The first-order chi connectivity index (χ1) is 13.1. The van der Waals surface area contributed by atoms with Crippen LogP contribution in [0.25, 0.3) is 0 Å². The van der Waals surface area contributed by atoms with Crippen LogP contribution >= 0.6 is 0 Å². The monoisotopic (exact) mass is 367 g/mol. The van der Waals surface area contributed by atoms with E-state index < -0.39 is 5.91 Å². The van der Waals surface area contributed by atoms with Crippen molar-refractivity contribution in [3.63, 3.8) is 0 Å². The number of nitrogens with two attached hydrogens (primary N) is 1. The average molecular weight is 367 g/mol. The van der Waals surface area contributed by atoms with Crippen molar-refractivity contribution in [3.8, 4) is 5.75 Å². The molecule has 2 aromatic rings. The molecule has 1 fully saturated rings. The molecule has 3 rings (SSSR count). The van der Waals surface area contributed by atoms with E-state index in [2.05, 4.69) is 16.3 Å². The van der Waals surface area contributed by atoms with Crippen LogP contribution in [0.15, 0.2) is 48.5 Å². The highest BCUT2D eigenvalue weighted by atomic mass is 16.5. The maximum Gasteiger partial charge on any atom is 0.258 e. The minimum atomic E-state index is -0.582. The highest BCUT2D eigenvalue weighted by molar-refractivity contribution is 5.95. The zero-order valence-electron chi connectivity index (χ0n) is 15.3. The molecule has 1 heterocycles. The summed E-state index contributed by atoms with van der Waals surface area (Å²) < 4.78 is 5.47. The number of para-hydroxylation sites is 1. The predicted octanol–water partition coefficient (Wildman–Crippen LogP) is 2.08. The van der Waals surface area contributed by atoms with Gasteiger partial charge in [0.25, 0.3) is 11.8 Å². The van der Waals surface area contributed by atoms with Crippen molar-refractivity contribution in [3.05, 3.63) is 65.2 Å². The molecule has 0 radical (unpaired) electrons. The molecule has 6 nitrogen and oxygen atoms in total. The average Bonchev–Trinajstić information content (AvgIpc) is 3.19. The number of hydrogen-bond donors (Lipinski definition) is 2. The van der Waals surface area contributed by atoms with Crippen molar-refractivity contribution in [2.45, 2.75) is 25.9 Å². The van der Waals surface area contributed by atoms with Gasteiger partial charge in [-0.25, -0.2) is 0 Å². The second kappa shape index (κ2) is 9.19. The number of nitrogens with zero attached hydrogens (tertiary/aromatic N) is 1. The van der Waals surface area contributed by atoms with Crippen molar-refractivity contribution in [1.29, 1.82) is 0 Å². The Labute approximate surface area is 159 Å². The summed E-state index contributed by atoms with van der Waals surface area (Å²) in [4.78, 5) is 26.0. The topological polar surface area (TPSA) is 84.7 Å². The van der Waals surface area contributed by atoms with Gasteiger partial charge in [0.05, 0.1) is 5.56 Å². The maximum atomic E-state index is 12.2. The lowest BCUT2D eigenvalue weighted by Crippen LogP contribution is -2.29. The van der Waals surface area contributed by atoms with Crippen LogP contribution in [-0.2, 0) is 17.9 Å². The van der Waals surface area contributed by atoms with Gasteiger partial charge in [-0.2, -0.15) is 0 Å². The van der Waals surface area contributed by atoms with E-state index >= 15 is 0 Å². The highest BCUT2D eigenvalue weighted by Crippen LogP contribution is 2.18. The molecule has 0 aliphatic carbocycles. The molecule has 3 N–H and O–H groups in total. The molecule has 0 spiro atoms. The Kier molecular flexibility index (Phi) is 6.44. The summed E-state index contributed by atoms with van der Waals surface area (Å²) in [5.41, 5.74) is 7.92. The molecule has 0 bridgehead atoms. The number of hydrogen-bond acceptors (Lipinski definition) is 4. The molecule has 1 aliphatic rings. The minimum absolute atomic E-state index is 0.168. The van der Waals surface area contributed by atoms with Crippen LogP contribution in [0.2, 0.25) is 0 Å². The second-order valence-electron chi connectivity index (χ2n) is 6.68. The van der Waals surface area contributed by atoms with Gasteiger partial charge in [0.1, 0.15) is 5.75 Å². The van der Waals surface area contributed by atoms with E-state index in [0.717, 1.165) is 25.2 Å². The SMILES string of the molecule is NC(=O)c1ccccc1OCC(=O)NCc1ccccc1CN1CCCC1. The molecule has 0 aromatic heterocycles. The first-order valence-corrected chi connectivity index (χ1v) is 9.21. The van der Waals surface area contributed by atoms with Crippen LogP contribution in [0.5, 0.6) is 5.75 Å². The standard InChI is InChI=1S/C21H25N3O3/c22-21(26)18-9-3-4-10-19(18)27-15-20(25)23-13-16-7-1-2-8-17(16)14-24-11-5-6-12-24/h1-4,7-10H,5-6,11-15H2,(H2,22,26)(H,23,25). The van der Waals surface area contributed by atoms with Gasteiger partial charge in [-0.1, -0.05) is 36.4 Å². The van der Waals surface area contributed by atoms with E-state index in [1.807, 2.05) is 18.2 Å². The number of rotatable bonds is 8. The largest absolute Gasteiger partial charge is 0.483 e. The molecule has 2 amide bonds. The van der Waals surface area contributed by atoms with Gasteiger partial charge in [-0.05, 0) is 49.2 Å². The molecule has 2 aromatic carbocycles. The van der Waals surface area contributed by atoms with E-state index in [1.54, 1.807) is 24.3 Å². The molecule has 6 heteroatoms. The Bertz CT molecular complexity index is 801. The lowest BCUT2D eigenvalue weighted by Gasteiger charge is -2.18. The molecule has 142 valence electrons. The second-order valence-corrected chi connectivity index (χ2v) is 6.68. The number of carbonyl (C=O) groups excluding carboxylic acids is 2. The Hall–Kier alpha value is -2.86. The quantitative estimate of drug-likeness (QED) is 0.748. The van der Waals surface area contributed by atoms with Crippen molar-refractivity contribution in [2.75, 3.05) is 19.7 Å². The number of nitrogens with one attached hydrogen (secondary N) is 1. The predicted molar refractivity (Wildman–Crippen MR) is 103 cm³/mol. The van der Waals surface area contributed by atoms with Crippen LogP contribution in [0.1, 0.15) is 34.3 Å². The van der Waals surface area contributed by atoms with E-state index in [0.29, 0.717) is 12.3 Å². The van der Waals surface area contributed by atoms with E-state index in [-0.39, 0.29) is 18.1 Å². The van der Waals surface area contributed by atoms with Gasteiger partial charge in [-0.3, -0.25) is 14.5 Å². The molecule has 0 saturated carbocycles. The van der Waals surface area contributed by atoms with Gasteiger partial charge in [-0.15, -0.1) is 0 Å². The first kappa shape index (κ1) is 18.9. The van der Waals surface area contributed by atoms with Crippen LogP contribution in [0, 0.1) is 0 Å². The molecular weight excluding hydrogens is 342 g/mol. The molecule has 1 saturated heterocycles. The summed E-state index contributed by atoms with van der Waals surface area (Å²) in [7, 11) is 0. The third-order valence-electron chi connectivity index (χ3n) is 4.70. The fourth-order valence-electron chi connectivity index (χ4n) is 3.25. The molecule has 0 unspecified atom stereocenters. The normalized spacial score (nSPS) is 14.1. The Morgan fingerprint density at radius 2 is 1.67 bits per heavy atom. The molecule has 1 aliphatic heterocycles. The highest BCUT2D eigenvalue weighted by Gasteiger charge is 2.14. The molecule has 27 heavy (non-hydrogen) atoms. The Morgan fingerprint density at radius 1 is 1.00 bits per heavy atom. The van der Waals surface area contributed by atoms with Gasteiger partial charge in [0, 0.05) is 13.1 Å². The zero-order chi connectivity index (χ0) is 19.1. The number of benzene rings is 2. The zero-order valence-corrected chi connectivity index (χ0v) is 15.3. The van der Waals surface area contributed by atoms with Gasteiger partial charge < -0.3 is 15.8 Å². The fraction of sp³-hybridized carbons (Fsp3) is 0.333. The fourth-order valence-corrected chi connectivity index (χ4v) is 3.25. The van der Waals surface area contributed by atoms with Crippen molar-refractivity contribution >= 4 is 11.8 Å². The van der Waals surface area contributed by atoms with Crippen molar-refractivity contribution in [1.82, 2.24) is 10.2 Å². The number of carbonyl (C=O) groups is 2. The number of likely N-dealkylation sites (tertiary alicyclic amines) is 1. The lowest BCUT2D eigenvalue weighted by atomic mass is 10.1. The van der Waals surface area contributed by atoms with E-state index in [1.165, 1.54) is 18.4 Å². The number of amides is 2. The number of primary amides is 1. The minimum Gasteiger partial charge on any atom is -0.483 e. The van der Waals surface area contributed by atoms with Crippen LogP contribution in [0.3, 0.4) is 0 Å². The van der Waals surface area contributed by atoms with Crippen LogP contribution in [-0.4, -0.2) is 36.4 Å². The van der Waals surface area contributed by atoms with E-state index in [4.69, 9.17) is 10.5 Å². The summed E-state index contributed by atoms with van der Waals surface area (Å²) in [6.07, 6.45) is 2.51. The number of ether oxygens (including phenoxy) is 1. The third kappa shape index (κ3) is 5.31. The molecule has 0 atom stereocenters. The third-order valence-corrected chi connectivity index (χ3v) is 4.70. The smallest absolute Gasteiger partial charge is 0.258 e. The molecular formula is C21H25N3O3. The van der Waals surface area contributed by atoms with E-state index in [9.17, 15) is 9.59 Å². The van der Waals surface area contributed by atoms with Crippen LogP contribution < -0.4 is 15.8 Å². The van der Waals surface area contributed by atoms with Crippen LogP contribution in [0.4, 0.5) is 0 Å². The Balaban J connectivity index is 1.53. The summed E-state index contributed by atoms with van der Waals surface area (Å²) in [5, 5.41) is 2.88. The summed E-state index contributed by atoms with van der Waals surface area (Å²) in [5.74, 6) is -0.512. The van der Waals surface area contributed by atoms with Gasteiger partial charge >= 0.3 is 0 Å². The van der Waals surface area contributed by atoms with Gasteiger partial charge in [0.2, 0.25) is 0 Å². The van der Waals surface area contributed by atoms with Gasteiger partial charge in [0.15, 0.2) is 6.61 Å².